The monoisotopic (exact) mass is 372 g/mol. The summed E-state index contributed by atoms with van der Waals surface area (Å²) < 4.78 is 0. The third-order valence-electron chi connectivity index (χ3n) is 5.42. The molecule has 0 aliphatic carbocycles. The normalized spacial score (nSPS) is 14.9. The molecule has 0 atom stereocenters. The topological polar surface area (TPSA) is 32.3 Å². The van der Waals surface area contributed by atoms with Crippen LogP contribution in [-0.2, 0) is 6.54 Å². The lowest BCUT2D eigenvalue weighted by molar-refractivity contribution is 0.434. The van der Waals surface area contributed by atoms with Gasteiger partial charge in [0.05, 0.1) is 0 Å². The summed E-state index contributed by atoms with van der Waals surface area (Å²) in [5, 5.41) is 0. The largest absolute Gasteiger partial charge is 0.341 e. The van der Waals surface area contributed by atoms with E-state index in [4.69, 9.17) is 9.97 Å². The summed E-state index contributed by atoms with van der Waals surface area (Å²) in [5.74, 6) is 2.60. The molecule has 4 nitrogen and oxygen atoms in total. The Labute approximate surface area is 167 Å². The van der Waals surface area contributed by atoms with Gasteiger partial charge in [-0.2, -0.15) is 4.98 Å². The van der Waals surface area contributed by atoms with Crippen molar-refractivity contribution in [2.45, 2.75) is 33.2 Å². The van der Waals surface area contributed by atoms with E-state index >= 15 is 0 Å². The number of anilines is 3. The van der Waals surface area contributed by atoms with Gasteiger partial charge >= 0.3 is 0 Å². The molecule has 2 aromatic carbocycles. The highest BCUT2D eigenvalue weighted by atomic mass is 15.3. The Morgan fingerprint density at radius 2 is 1.57 bits per heavy atom. The van der Waals surface area contributed by atoms with Crippen LogP contribution in [0, 0.1) is 12.8 Å². The van der Waals surface area contributed by atoms with Gasteiger partial charge in [0, 0.05) is 37.1 Å². The number of rotatable bonds is 5. The van der Waals surface area contributed by atoms with Gasteiger partial charge in [0.1, 0.15) is 5.82 Å². The van der Waals surface area contributed by atoms with E-state index in [-0.39, 0.29) is 0 Å². The number of hydrogen-bond donors (Lipinski definition) is 0. The fourth-order valence-electron chi connectivity index (χ4n) is 3.70. The van der Waals surface area contributed by atoms with Gasteiger partial charge in [-0.15, -0.1) is 0 Å². The Bertz CT molecular complexity index is 887. The lowest BCUT2D eigenvalue weighted by Gasteiger charge is -2.31. The quantitative estimate of drug-likeness (QED) is 0.603. The first-order valence-corrected chi connectivity index (χ1v) is 10.2. The van der Waals surface area contributed by atoms with Gasteiger partial charge in [-0.1, -0.05) is 55.5 Å². The molecule has 4 heteroatoms. The maximum atomic E-state index is 5.00. The lowest BCUT2D eigenvalue weighted by Crippen LogP contribution is -2.34. The van der Waals surface area contributed by atoms with Crippen LogP contribution in [0.4, 0.5) is 17.5 Å². The van der Waals surface area contributed by atoms with Crippen molar-refractivity contribution < 1.29 is 0 Å². The van der Waals surface area contributed by atoms with Crippen LogP contribution in [0.5, 0.6) is 0 Å². The second-order valence-corrected chi connectivity index (χ2v) is 7.74. The van der Waals surface area contributed by atoms with Crippen molar-refractivity contribution >= 4 is 17.5 Å². The maximum Gasteiger partial charge on any atom is 0.227 e. The van der Waals surface area contributed by atoms with Crippen molar-refractivity contribution in [3.8, 4) is 0 Å². The Kier molecular flexibility index (Phi) is 5.56. The lowest BCUT2D eigenvalue weighted by atomic mass is 10.00. The first-order chi connectivity index (χ1) is 13.7. The number of nitrogens with zero attached hydrogens (tertiary/aromatic N) is 4. The minimum atomic E-state index is 0.776. The van der Waals surface area contributed by atoms with Crippen LogP contribution in [0.15, 0.2) is 66.7 Å². The van der Waals surface area contributed by atoms with Crippen molar-refractivity contribution in [3.05, 3.63) is 78.0 Å². The highest BCUT2D eigenvalue weighted by molar-refractivity contribution is 5.61. The zero-order valence-corrected chi connectivity index (χ0v) is 16.8. The van der Waals surface area contributed by atoms with Gasteiger partial charge in [0.15, 0.2) is 0 Å². The molecule has 1 aliphatic heterocycles. The Morgan fingerprint density at radius 1 is 0.929 bits per heavy atom. The predicted octanol–water partition coefficient (Wildman–Crippen LogP) is 5.36. The van der Waals surface area contributed by atoms with Gasteiger partial charge in [-0.3, -0.25) is 0 Å². The fraction of sp³-hybridized carbons (Fsp3) is 0.333. The molecule has 2 heterocycles. The van der Waals surface area contributed by atoms with Gasteiger partial charge in [-0.05, 0) is 43.4 Å². The Hall–Kier alpha value is -2.88. The van der Waals surface area contributed by atoms with Crippen molar-refractivity contribution in [2.75, 3.05) is 22.9 Å². The molecule has 0 N–H and O–H groups in total. The van der Waals surface area contributed by atoms with E-state index in [1.807, 2.05) is 0 Å². The van der Waals surface area contributed by atoms with Crippen molar-refractivity contribution in [1.82, 2.24) is 9.97 Å². The highest BCUT2D eigenvalue weighted by Gasteiger charge is 2.20. The van der Waals surface area contributed by atoms with E-state index in [1.54, 1.807) is 0 Å². The molecule has 0 spiro atoms. The first-order valence-electron chi connectivity index (χ1n) is 10.2. The van der Waals surface area contributed by atoms with Crippen molar-refractivity contribution in [1.29, 1.82) is 0 Å². The molecule has 0 saturated carbocycles. The third-order valence-corrected chi connectivity index (χ3v) is 5.42. The van der Waals surface area contributed by atoms with Crippen LogP contribution < -0.4 is 9.80 Å². The van der Waals surface area contributed by atoms with Crippen molar-refractivity contribution in [2.24, 2.45) is 5.92 Å². The average Bonchev–Trinajstić information content (AvgIpc) is 2.73. The second kappa shape index (κ2) is 8.42. The van der Waals surface area contributed by atoms with E-state index in [1.165, 1.54) is 18.4 Å². The minimum absolute atomic E-state index is 0.776. The van der Waals surface area contributed by atoms with Crippen LogP contribution >= 0.6 is 0 Å². The molecule has 1 aromatic heterocycles. The zero-order valence-electron chi connectivity index (χ0n) is 16.8. The summed E-state index contributed by atoms with van der Waals surface area (Å²) >= 11 is 0. The number of benzene rings is 2. The molecule has 0 unspecified atom stereocenters. The number of aromatic nitrogens is 2. The van der Waals surface area contributed by atoms with E-state index in [2.05, 4.69) is 90.4 Å². The van der Waals surface area contributed by atoms with Crippen LogP contribution in [-0.4, -0.2) is 23.1 Å². The van der Waals surface area contributed by atoms with Crippen LogP contribution in [0.3, 0.4) is 0 Å². The summed E-state index contributed by atoms with van der Waals surface area (Å²) in [5.41, 5.74) is 3.41. The average molecular weight is 373 g/mol. The SMILES string of the molecule is Cc1cc(N(Cc2ccccc2)c2ccccc2)nc(N2CCC(C)CC2)n1. The van der Waals surface area contributed by atoms with E-state index in [0.717, 1.165) is 48.7 Å². The number of aryl methyl sites for hydroxylation is 1. The van der Waals surface area contributed by atoms with Gasteiger partial charge in [0.2, 0.25) is 5.95 Å². The smallest absolute Gasteiger partial charge is 0.227 e. The predicted molar refractivity (Wildman–Crippen MR) is 116 cm³/mol. The molecule has 28 heavy (non-hydrogen) atoms. The van der Waals surface area contributed by atoms with E-state index in [0.29, 0.717) is 0 Å². The number of hydrogen-bond acceptors (Lipinski definition) is 4. The molecular weight excluding hydrogens is 344 g/mol. The summed E-state index contributed by atoms with van der Waals surface area (Å²) in [4.78, 5) is 14.4. The first kappa shape index (κ1) is 18.5. The number of piperidine rings is 1. The Morgan fingerprint density at radius 3 is 2.25 bits per heavy atom. The maximum absolute atomic E-state index is 5.00. The summed E-state index contributed by atoms with van der Waals surface area (Å²) in [7, 11) is 0. The van der Waals surface area contributed by atoms with Gasteiger partial charge < -0.3 is 9.80 Å². The summed E-state index contributed by atoms with van der Waals surface area (Å²) in [6.07, 6.45) is 2.41. The molecule has 1 saturated heterocycles. The van der Waals surface area contributed by atoms with E-state index in [9.17, 15) is 0 Å². The fourth-order valence-corrected chi connectivity index (χ4v) is 3.70. The standard InChI is InChI=1S/C24H28N4/c1-19-13-15-27(16-14-19)24-25-20(2)17-23(26-24)28(22-11-7-4-8-12-22)18-21-9-5-3-6-10-21/h3-12,17,19H,13-16,18H2,1-2H3. The highest BCUT2D eigenvalue weighted by Crippen LogP contribution is 2.29. The summed E-state index contributed by atoms with van der Waals surface area (Å²) in [6.45, 7) is 7.24. The molecule has 1 aliphatic rings. The molecule has 0 amide bonds. The zero-order chi connectivity index (χ0) is 19.3. The van der Waals surface area contributed by atoms with Crippen molar-refractivity contribution in [3.63, 3.8) is 0 Å². The molecular formula is C24H28N4. The molecule has 144 valence electrons. The Balaban J connectivity index is 1.69. The minimum Gasteiger partial charge on any atom is -0.341 e. The van der Waals surface area contributed by atoms with Crippen LogP contribution in [0.2, 0.25) is 0 Å². The number of para-hydroxylation sites is 1. The molecule has 0 bridgehead atoms. The molecule has 0 radical (unpaired) electrons. The van der Waals surface area contributed by atoms with Gasteiger partial charge in [-0.25, -0.2) is 4.98 Å². The van der Waals surface area contributed by atoms with Gasteiger partial charge in [0.25, 0.3) is 0 Å². The van der Waals surface area contributed by atoms with Crippen LogP contribution in [0.1, 0.15) is 31.0 Å². The van der Waals surface area contributed by atoms with E-state index < -0.39 is 0 Å². The third kappa shape index (κ3) is 4.33. The molecule has 4 rings (SSSR count). The summed E-state index contributed by atoms with van der Waals surface area (Å²) in [6, 6.07) is 23.1. The van der Waals surface area contributed by atoms with Crippen LogP contribution in [0.25, 0.3) is 0 Å². The molecule has 1 fully saturated rings. The second-order valence-electron chi connectivity index (χ2n) is 7.74. The molecule has 3 aromatic rings.